The lowest BCUT2D eigenvalue weighted by molar-refractivity contribution is 0.0766. The minimum absolute atomic E-state index is 0.0663. The SMILES string of the molecule is O=C(c1cc2c(=O)[nH]c3ccccc3c2s1)N1CCCCCC1. The van der Waals surface area contributed by atoms with Gasteiger partial charge in [0.1, 0.15) is 0 Å². The number of thiophene rings is 1. The Labute approximate surface area is 137 Å². The van der Waals surface area contributed by atoms with Crippen molar-refractivity contribution >= 4 is 38.2 Å². The van der Waals surface area contributed by atoms with E-state index in [4.69, 9.17) is 0 Å². The number of aromatic nitrogens is 1. The van der Waals surface area contributed by atoms with Crippen LogP contribution in [-0.2, 0) is 0 Å². The van der Waals surface area contributed by atoms with Crippen molar-refractivity contribution in [2.75, 3.05) is 13.1 Å². The Bertz CT molecular complexity index is 933. The van der Waals surface area contributed by atoms with Gasteiger partial charge in [0.05, 0.1) is 10.3 Å². The lowest BCUT2D eigenvalue weighted by Gasteiger charge is -2.19. The molecule has 1 fully saturated rings. The van der Waals surface area contributed by atoms with Crippen LogP contribution in [0, 0.1) is 0 Å². The van der Waals surface area contributed by atoms with Gasteiger partial charge in [0, 0.05) is 28.7 Å². The second-order valence-corrected chi connectivity index (χ2v) is 7.11. The molecule has 0 spiro atoms. The van der Waals surface area contributed by atoms with Gasteiger partial charge in [-0.25, -0.2) is 0 Å². The number of rotatable bonds is 1. The molecule has 0 aliphatic carbocycles. The Morgan fingerprint density at radius 3 is 2.57 bits per heavy atom. The van der Waals surface area contributed by atoms with Gasteiger partial charge in [0.25, 0.3) is 11.5 Å². The minimum atomic E-state index is -0.120. The van der Waals surface area contributed by atoms with E-state index in [1.165, 1.54) is 24.2 Å². The van der Waals surface area contributed by atoms with Crippen LogP contribution in [0.5, 0.6) is 0 Å². The fraction of sp³-hybridized carbons (Fsp3) is 0.333. The van der Waals surface area contributed by atoms with Crippen molar-refractivity contribution in [1.82, 2.24) is 9.88 Å². The van der Waals surface area contributed by atoms with E-state index in [9.17, 15) is 9.59 Å². The number of pyridine rings is 1. The number of H-pyrrole nitrogens is 1. The Morgan fingerprint density at radius 2 is 1.78 bits per heavy atom. The summed E-state index contributed by atoms with van der Waals surface area (Å²) in [5.41, 5.74) is 0.700. The standard InChI is InChI=1S/C18H18N2O2S/c21-17-13-11-15(18(22)20-9-5-1-2-6-10-20)23-16(13)12-7-3-4-8-14(12)19-17/h3-4,7-8,11H,1-2,5-6,9-10H2,(H,19,21). The predicted molar refractivity (Wildman–Crippen MR) is 94.3 cm³/mol. The summed E-state index contributed by atoms with van der Waals surface area (Å²) in [6.07, 6.45) is 4.53. The quantitative estimate of drug-likeness (QED) is 0.740. The highest BCUT2D eigenvalue weighted by atomic mass is 32.1. The summed E-state index contributed by atoms with van der Waals surface area (Å²) < 4.78 is 0.905. The third-order valence-corrected chi connectivity index (χ3v) is 5.66. The van der Waals surface area contributed by atoms with Crippen molar-refractivity contribution in [3.05, 3.63) is 45.6 Å². The first kappa shape index (κ1) is 14.5. The van der Waals surface area contributed by atoms with Crippen LogP contribution in [0.1, 0.15) is 35.4 Å². The molecule has 4 nitrogen and oxygen atoms in total. The van der Waals surface area contributed by atoms with Crippen molar-refractivity contribution in [1.29, 1.82) is 0 Å². The zero-order chi connectivity index (χ0) is 15.8. The van der Waals surface area contributed by atoms with E-state index in [2.05, 4.69) is 4.98 Å². The number of likely N-dealkylation sites (tertiary alicyclic amines) is 1. The molecule has 1 saturated heterocycles. The molecule has 0 atom stereocenters. The molecule has 0 bridgehead atoms. The fourth-order valence-corrected chi connectivity index (χ4v) is 4.44. The summed E-state index contributed by atoms with van der Waals surface area (Å²) in [7, 11) is 0. The van der Waals surface area contributed by atoms with Gasteiger partial charge in [0.2, 0.25) is 0 Å². The minimum Gasteiger partial charge on any atom is -0.338 e. The fourth-order valence-electron chi connectivity index (χ4n) is 3.27. The van der Waals surface area contributed by atoms with E-state index in [0.29, 0.717) is 10.3 Å². The third kappa shape index (κ3) is 2.55. The van der Waals surface area contributed by atoms with E-state index < -0.39 is 0 Å². The first-order valence-corrected chi connectivity index (χ1v) is 8.89. The van der Waals surface area contributed by atoms with Crippen molar-refractivity contribution in [2.24, 2.45) is 0 Å². The molecule has 0 saturated carbocycles. The Balaban J connectivity index is 1.82. The van der Waals surface area contributed by atoms with Gasteiger partial charge in [-0.05, 0) is 25.0 Å². The van der Waals surface area contributed by atoms with Crippen LogP contribution >= 0.6 is 11.3 Å². The van der Waals surface area contributed by atoms with Gasteiger partial charge in [-0.15, -0.1) is 11.3 Å². The zero-order valence-corrected chi connectivity index (χ0v) is 13.6. The molecule has 1 aliphatic heterocycles. The molecule has 4 rings (SSSR count). The van der Waals surface area contributed by atoms with E-state index in [-0.39, 0.29) is 11.5 Å². The maximum absolute atomic E-state index is 12.8. The molecule has 23 heavy (non-hydrogen) atoms. The molecule has 1 aliphatic rings. The Morgan fingerprint density at radius 1 is 1.04 bits per heavy atom. The maximum Gasteiger partial charge on any atom is 0.263 e. The van der Waals surface area contributed by atoms with Crippen LogP contribution in [0.3, 0.4) is 0 Å². The first-order chi connectivity index (χ1) is 11.2. The lowest BCUT2D eigenvalue weighted by atomic mass is 10.2. The van der Waals surface area contributed by atoms with E-state index in [1.54, 1.807) is 6.07 Å². The van der Waals surface area contributed by atoms with Gasteiger partial charge >= 0.3 is 0 Å². The molecular weight excluding hydrogens is 308 g/mol. The summed E-state index contributed by atoms with van der Waals surface area (Å²) >= 11 is 1.44. The summed E-state index contributed by atoms with van der Waals surface area (Å²) in [4.78, 5) is 30.6. The number of benzene rings is 1. The second kappa shape index (κ2) is 5.81. The number of amides is 1. The molecule has 118 valence electrons. The van der Waals surface area contributed by atoms with Crippen molar-refractivity contribution in [3.63, 3.8) is 0 Å². The van der Waals surface area contributed by atoms with Crippen molar-refractivity contribution in [3.8, 4) is 0 Å². The molecular formula is C18H18N2O2S. The molecule has 0 unspecified atom stereocenters. The highest BCUT2D eigenvalue weighted by molar-refractivity contribution is 7.21. The average molecular weight is 326 g/mol. The molecule has 3 heterocycles. The number of hydrogen-bond acceptors (Lipinski definition) is 3. The summed E-state index contributed by atoms with van der Waals surface area (Å²) in [6.45, 7) is 1.65. The average Bonchev–Trinajstić information content (AvgIpc) is 2.84. The first-order valence-electron chi connectivity index (χ1n) is 8.08. The topological polar surface area (TPSA) is 53.2 Å². The van der Waals surface area contributed by atoms with Crippen molar-refractivity contribution < 1.29 is 4.79 Å². The van der Waals surface area contributed by atoms with Gasteiger partial charge in [-0.2, -0.15) is 0 Å². The van der Waals surface area contributed by atoms with Gasteiger partial charge < -0.3 is 9.88 Å². The highest BCUT2D eigenvalue weighted by Gasteiger charge is 2.20. The highest BCUT2D eigenvalue weighted by Crippen LogP contribution is 2.30. The monoisotopic (exact) mass is 326 g/mol. The number of hydrogen-bond donors (Lipinski definition) is 1. The van der Waals surface area contributed by atoms with E-state index >= 15 is 0 Å². The van der Waals surface area contributed by atoms with Crippen LogP contribution in [0.4, 0.5) is 0 Å². The Hall–Kier alpha value is -2.14. The normalized spacial score (nSPS) is 15.9. The summed E-state index contributed by atoms with van der Waals surface area (Å²) in [6, 6.07) is 9.51. The number of carbonyl (C=O) groups is 1. The maximum atomic E-state index is 12.8. The van der Waals surface area contributed by atoms with Gasteiger partial charge in [-0.1, -0.05) is 31.0 Å². The number of aromatic amines is 1. The van der Waals surface area contributed by atoms with Crippen LogP contribution in [0.25, 0.3) is 21.0 Å². The summed E-state index contributed by atoms with van der Waals surface area (Å²) in [5, 5.41) is 1.62. The van der Waals surface area contributed by atoms with Gasteiger partial charge in [-0.3, -0.25) is 9.59 Å². The number of nitrogens with zero attached hydrogens (tertiary/aromatic N) is 1. The zero-order valence-electron chi connectivity index (χ0n) is 12.8. The molecule has 0 radical (unpaired) electrons. The smallest absolute Gasteiger partial charge is 0.263 e. The lowest BCUT2D eigenvalue weighted by Crippen LogP contribution is -2.31. The molecule has 1 amide bonds. The largest absolute Gasteiger partial charge is 0.338 e. The van der Waals surface area contributed by atoms with E-state index in [1.807, 2.05) is 29.2 Å². The third-order valence-electron chi connectivity index (χ3n) is 4.50. The number of nitrogens with one attached hydrogen (secondary N) is 1. The number of carbonyl (C=O) groups excluding carboxylic acids is 1. The molecule has 3 aromatic rings. The number of fused-ring (bicyclic) bond motifs is 3. The van der Waals surface area contributed by atoms with Crippen LogP contribution < -0.4 is 5.56 Å². The summed E-state index contributed by atoms with van der Waals surface area (Å²) in [5.74, 6) is 0.0663. The molecule has 2 aromatic heterocycles. The molecule has 5 heteroatoms. The van der Waals surface area contributed by atoms with Gasteiger partial charge in [0.15, 0.2) is 0 Å². The molecule has 1 aromatic carbocycles. The van der Waals surface area contributed by atoms with Crippen LogP contribution in [0.2, 0.25) is 0 Å². The van der Waals surface area contributed by atoms with Crippen molar-refractivity contribution in [2.45, 2.75) is 25.7 Å². The Kier molecular flexibility index (Phi) is 3.65. The predicted octanol–water partition coefficient (Wildman–Crippen LogP) is 3.76. The van der Waals surface area contributed by atoms with E-state index in [0.717, 1.165) is 41.5 Å². The van der Waals surface area contributed by atoms with Crippen LogP contribution in [0.15, 0.2) is 35.1 Å². The molecule has 1 N–H and O–H groups in total. The number of para-hydroxylation sites is 1. The second-order valence-electron chi connectivity index (χ2n) is 6.06. The van der Waals surface area contributed by atoms with Crippen LogP contribution in [-0.4, -0.2) is 28.9 Å².